The van der Waals surface area contributed by atoms with Crippen LogP contribution in [0.1, 0.15) is 36.1 Å². The molecule has 1 aliphatic heterocycles. The van der Waals surface area contributed by atoms with Crippen LogP contribution in [0.4, 0.5) is 0 Å². The van der Waals surface area contributed by atoms with Crippen LogP contribution in [0.25, 0.3) is 0 Å². The zero-order chi connectivity index (χ0) is 21.2. The van der Waals surface area contributed by atoms with Crippen molar-refractivity contribution in [1.82, 2.24) is 15.5 Å². The number of rotatable bonds is 9. The number of nitrogens with zero attached hydrogens (tertiary/aromatic N) is 2. The van der Waals surface area contributed by atoms with Crippen molar-refractivity contribution in [2.24, 2.45) is 4.99 Å². The van der Waals surface area contributed by atoms with Gasteiger partial charge in [0.2, 0.25) is 0 Å². The molecule has 0 saturated carbocycles. The van der Waals surface area contributed by atoms with Gasteiger partial charge in [-0.15, -0.1) is 24.0 Å². The molecule has 1 aliphatic rings. The summed E-state index contributed by atoms with van der Waals surface area (Å²) < 4.78 is 11.3. The lowest BCUT2D eigenvalue weighted by atomic mass is 10.0. The number of halogens is 1. The number of methoxy groups -OCH3 is 2. The molecule has 2 aromatic carbocycles. The fourth-order valence-electron chi connectivity index (χ4n) is 4.04. The molecule has 6 nitrogen and oxygen atoms in total. The molecule has 2 N–H and O–H groups in total. The monoisotopic (exact) mass is 538 g/mol. The first-order chi connectivity index (χ1) is 14.8. The molecule has 1 fully saturated rings. The van der Waals surface area contributed by atoms with Crippen molar-refractivity contribution in [2.75, 3.05) is 47.4 Å². The lowest BCUT2D eigenvalue weighted by Crippen LogP contribution is -2.44. The predicted molar refractivity (Wildman–Crippen MR) is 138 cm³/mol. The van der Waals surface area contributed by atoms with E-state index in [1.165, 1.54) is 18.4 Å². The highest BCUT2D eigenvalue weighted by Crippen LogP contribution is 2.31. The Morgan fingerprint density at radius 1 is 0.968 bits per heavy atom. The van der Waals surface area contributed by atoms with Crippen molar-refractivity contribution in [2.45, 2.75) is 25.0 Å². The molecule has 31 heavy (non-hydrogen) atoms. The highest BCUT2D eigenvalue weighted by atomic mass is 127. The molecule has 3 rings (SSSR count). The van der Waals surface area contributed by atoms with Crippen LogP contribution in [0.2, 0.25) is 0 Å². The van der Waals surface area contributed by atoms with Crippen LogP contribution in [-0.4, -0.2) is 58.3 Å². The van der Waals surface area contributed by atoms with Crippen molar-refractivity contribution < 1.29 is 9.47 Å². The van der Waals surface area contributed by atoms with Gasteiger partial charge in [-0.25, -0.2) is 0 Å². The van der Waals surface area contributed by atoms with Gasteiger partial charge in [0.15, 0.2) is 5.96 Å². The first-order valence-corrected chi connectivity index (χ1v) is 10.7. The zero-order valence-corrected chi connectivity index (χ0v) is 21.0. The molecule has 0 amide bonds. The van der Waals surface area contributed by atoms with Gasteiger partial charge in [0.1, 0.15) is 5.75 Å². The van der Waals surface area contributed by atoms with E-state index in [0.29, 0.717) is 6.54 Å². The molecule has 7 heteroatoms. The molecule has 0 bridgehead atoms. The van der Waals surface area contributed by atoms with Gasteiger partial charge in [0, 0.05) is 32.8 Å². The van der Waals surface area contributed by atoms with E-state index in [-0.39, 0.29) is 36.1 Å². The molecule has 170 valence electrons. The number of para-hydroxylation sites is 1. The van der Waals surface area contributed by atoms with E-state index >= 15 is 0 Å². The summed E-state index contributed by atoms with van der Waals surface area (Å²) in [5.41, 5.74) is 2.36. The predicted octanol–water partition coefficient (Wildman–Crippen LogP) is 4.00. The number of benzene rings is 2. The van der Waals surface area contributed by atoms with E-state index in [4.69, 9.17) is 9.47 Å². The van der Waals surface area contributed by atoms with E-state index in [1.807, 2.05) is 30.3 Å². The molecule has 0 radical (unpaired) electrons. The molecule has 1 heterocycles. The molecule has 2 atom stereocenters. The maximum atomic E-state index is 5.67. The minimum absolute atomic E-state index is 0. The number of ether oxygens (including phenoxy) is 2. The second-order valence-electron chi connectivity index (χ2n) is 7.47. The van der Waals surface area contributed by atoms with E-state index < -0.39 is 0 Å². The second kappa shape index (κ2) is 13.5. The van der Waals surface area contributed by atoms with Crippen molar-refractivity contribution in [1.29, 1.82) is 0 Å². The Labute approximate surface area is 203 Å². The summed E-state index contributed by atoms with van der Waals surface area (Å²) >= 11 is 0. The number of aliphatic imine (C=N–C) groups is 1. The highest BCUT2D eigenvalue weighted by Gasteiger charge is 2.26. The van der Waals surface area contributed by atoms with Crippen molar-refractivity contribution in [3.8, 4) is 5.75 Å². The molecule has 0 aliphatic carbocycles. The number of guanidine groups is 1. The Hall–Kier alpha value is -1.84. The third-order valence-electron chi connectivity index (χ3n) is 5.68. The molecular formula is C24H35IN4O2. The highest BCUT2D eigenvalue weighted by molar-refractivity contribution is 14.0. The summed E-state index contributed by atoms with van der Waals surface area (Å²) in [5.74, 6) is 1.70. The third kappa shape index (κ3) is 7.08. The molecule has 1 saturated heterocycles. The second-order valence-corrected chi connectivity index (χ2v) is 7.47. The normalized spacial score (nSPS) is 16.3. The zero-order valence-electron chi connectivity index (χ0n) is 18.7. The maximum absolute atomic E-state index is 5.67. The summed E-state index contributed by atoms with van der Waals surface area (Å²) in [4.78, 5) is 6.94. The Morgan fingerprint density at radius 3 is 2.26 bits per heavy atom. The summed E-state index contributed by atoms with van der Waals surface area (Å²) in [6.07, 6.45) is 2.45. The fraction of sp³-hybridized carbons (Fsp3) is 0.458. The van der Waals surface area contributed by atoms with Crippen molar-refractivity contribution in [3.63, 3.8) is 0 Å². The van der Waals surface area contributed by atoms with Gasteiger partial charge in [0.25, 0.3) is 0 Å². The van der Waals surface area contributed by atoms with Crippen LogP contribution in [0.5, 0.6) is 5.75 Å². The molecular weight excluding hydrogens is 503 g/mol. The van der Waals surface area contributed by atoms with Gasteiger partial charge in [0.05, 0.1) is 19.3 Å². The van der Waals surface area contributed by atoms with E-state index in [2.05, 4.69) is 44.8 Å². The van der Waals surface area contributed by atoms with Gasteiger partial charge in [-0.05, 0) is 37.6 Å². The number of likely N-dealkylation sites (tertiary alicyclic amines) is 1. The smallest absolute Gasteiger partial charge is 0.191 e. The standard InChI is InChI=1S/C24H34N4O2.HI/c1-25-24(27-18-23(30-3)19-11-5-4-6-12-19)26-17-21(28-15-9-10-16-28)20-13-7-8-14-22(20)29-2;/h4-8,11-14,21,23H,9-10,15-18H2,1-3H3,(H2,25,26,27);1H. The van der Waals surface area contributed by atoms with Gasteiger partial charge in [-0.1, -0.05) is 48.5 Å². The van der Waals surface area contributed by atoms with E-state index in [1.54, 1.807) is 21.3 Å². The van der Waals surface area contributed by atoms with Crippen LogP contribution in [0.3, 0.4) is 0 Å². The van der Waals surface area contributed by atoms with Crippen LogP contribution >= 0.6 is 24.0 Å². The van der Waals surface area contributed by atoms with Gasteiger partial charge < -0.3 is 20.1 Å². The molecule has 0 spiro atoms. The summed E-state index contributed by atoms with van der Waals surface area (Å²) in [5, 5.41) is 6.92. The quantitative estimate of drug-likeness (QED) is 0.287. The van der Waals surface area contributed by atoms with Crippen LogP contribution in [0, 0.1) is 0 Å². The largest absolute Gasteiger partial charge is 0.496 e. The molecule has 2 unspecified atom stereocenters. The summed E-state index contributed by atoms with van der Waals surface area (Å²) in [7, 11) is 5.27. The van der Waals surface area contributed by atoms with Crippen LogP contribution in [0.15, 0.2) is 59.6 Å². The Balaban J connectivity index is 0.00000341. The maximum Gasteiger partial charge on any atom is 0.191 e. The minimum atomic E-state index is -0.0339. The molecule has 0 aromatic heterocycles. The lowest BCUT2D eigenvalue weighted by molar-refractivity contribution is 0.106. The summed E-state index contributed by atoms with van der Waals surface area (Å²) in [6.45, 7) is 3.61. The Morgan fingerprint density at radius 2 is 1.61 bits per heavy atom. The summed E-state index contributed by atoms with van der Waals surface area (Å²) in [6, 6.07) is 18.8. The van der Waals surface area contributed by atoms with E-state index in [0.717, 1.165) is 36.9 Å². The number of hydrogen-bond acceptors (Lipinski definition) is 4. The Kier molecular flexibility index (Phi) is 11.1. The third-order valence-corrected chi connectivity index (χ3v) is 5.68. The van der Waals surface area contributed by atoms with Crippen LogP contribution < -0.4 is 15.4 Å². The Bertz CT molecular complexity index is 797. The van der Waals surface area contributed by atoms with E-state index in [9.17, 15) is 0 Å². The number of hydrogen-bond donors (Lipinski definition) is 2. The topological polar surface area (TPSA) is 58.1 Å². The van der Waals surface area contributed by atoms with Crippen molar-refractivity contribution in [3.05, 3.63) is 65.7 Å². The fourth-order valence-corrected chi connectivity index (χ4v) is 4.04. The average molecular weight is 538 g/mol. The number of nitrogens with one attached hydrogen (secondary N) is 2. The lowest BCUT2D eigenvalue weighted by Gasteiger charge is -2.30. The van der Waals surface area contributed by atoms with Gasteiger partial charge in [-0.3, -0.25) is 9.89 Å². The SMILES string of the molecule is CN=C(NCC(OC)c1ccccc1)NCC(c1ccccc1OC)N1CCCC1.I. The van der Waals surface area contributed by atoms with Gasteiger partial charge >= 0.3 is 0 Å². The first kappa shape index (κ1) is 25.4. The van der Waals surface area contributed by atoms with Crippen molar-refractivity contribution >= 4 is 29.9 Å². The minimum Gasteiger partial charge on any atom is -0.496 e. The first-order valence-electron chi connectivity index (χ1n) is 10.7. The average Bonchev–Trinajstić information content (AvgIpc) is 3.34. The van der Waals surface area contributed by atoms with Gasteiger partial charge in [-0.2, -0.15) is 0 Å². The van der Waals surface area contributed by atoms with Crippen LogP contribution in [-0.2, 0) is 4.74 Å². The molecule has 2 aromatic rings.